The predicted octanol–water partition coefficient (Wildman–Crippen LogP) is 2.96. The first kappa shape index (κ1) is 19.0. The van der Waals surface area contributed by atoms with Gasteiger partial charge < -0.3 is 9.47 Å². The summed E-state index contributed by atoms with van der Waals surface area (Å²) in [5, 5.41) is 4.07. The van der Waals surface area contributed by atoms with Gasteiger partial charge in [-0.2, -0.15) is 0 Å². The Morgan fingerprint density at radius 3 is 2.67 bits per heavy atom. The topological polar surface area (TPSA) is 56.2 Å². The Balaban J connectivity index is 2.10. The van der Waals surface area contributed by atoms with Crippen LogP contribution in [0, 0.1) is 0 Å². The van der Waals surface area contributed by atoms with Gasteiger partial charge in [0.15, 0.2) is 11.5 Å². The summed E-state index contributed by atoms with van der Waals surface area (Å²) in [6.07, 6.45) is 2.69. The van der Waals surface area contributed by atoms with Crippen LogP contribution >= 0.6 is 15.9 Å². The molecule has 1 aromatic heterocycles. The van der Waals surface area contributed by atoms with Crippen LogP contribution in [0.4, 0.5) is 0 Å². The number of nitrogens with one attached hydrogen (secondary N) is 1. The highest BCUT2D eigenvalue weighted by atomic mass is 79.9. The second-order valence-electron chi connectivity index (χ2n) is 6.01. The van der Waals surface area contributed by atoms with Gasteiger partial charge in [-0.1, -0.05) is 31.7 Å². The molecule has 0 spiro atoms. The summed E-state index contributed by atoms with van der Waals surface area (Å²) in [7, 11) is 1.59. The molecule has 0 saturated heterocycles. The van der Waals surface area contributed by atoms with E-state index in [-0.39, 0.29) is 5.56 Å². The summed E-state index contributed by atoms with van der Waals surface area (Å²) in [5.74, 6) is 1.26. The number of rotatable bonds is 6. The lowest BCUT2D eigenvalue weighted by molar-refractivity contribution is 0.292. The highest BCUT2D eigenvalue weighted by Crippen LogP contribution is 2.36. The molecule has 0 atom stereocenters. The highest BCUT2D eigenvalue weighted by Gasteiger charge is 2.11. The predicted molar refractivity (Wildman–Crippen MR) is 111 cm³/mol. The summed E-state index contributed by atoms with van der Waals surface area (Å²) in [6.45, 7) is 6.61. The van der Waals surface area contributed by atoms with Gasteiger partial charge in [-0.15, -0.1) is 0 Å². The number of halogens is 1. The van der Waals surface area contributed by atoms with Gasteiger partial charge in [-0.05, 0) is 58.3 Å². The molecule has 5 nitrogen and oxygen atoms in total. The molecule has 3 aromatic rings. The van der Waals surface area contributed by atoms with Crippen molar-refractivity contribution < 1.29 is 9.47 Å². The van der Waals surface area contributed by atoms with Crippen molar-refractivity contribution in [3.63, 3.8) is 0 Å². The number of hydrogen-bond donors (Lipinski definition) is 1. The number of aromatic nitrogens is 2. The number of nitrogens with zero attached hydrogens (tertiary/aromatic N) is 1. The molecule has 1 heterocycles. The van der Waals surface area contributed by atoms with E-state index in [1.165, 1.54) is 4.68 Å². The van der Waals surface area contributed by atoms with Gasteiger partial charge in [0, 0.05) is 0 Å². The Hall–Kier alpha value is -2.73. The Bertz CT molecular complexity index is 1100. The van der Waals surface area contributed by atoms with Crippen LogP contribution in [-0.2, 0) is 0 Å². The van der Waals surface area contributed by atoms with Crippen molar-refractivity contribution in [1.29, 1.82) is 0 Å². The third kappa shape index (κ3) is 4.01. The number of ether oxygens (including phenoxy) is 2. The van der Waals surface area contributed by atoms with Crippen molar-refractivity contribution in [2.45, 2.75) is 13.3 Å². The molecule has 140 valence electrons. The zero-order valence-corrected chi connectivity index (χ0v) is 16.9. The molecule has 27 heavy (non-hydrogen) atoms. The molecule has 0 aliphatic rings. The molecule has 2 aromatic carbocycles. The normalized spacial score (nSPS) is 11.6. The fraction of sp³-hybridized carbons (Fsp3) is 0.190. The SMILES string of the molecule is C=c1[nH]n(-c2ccccc2)c(=O)/c1=C/c1cc(Br)c(OCCC)c(OC)c1. The van der Waals surface area contributed by atoms with Crippen LogP contribution in [0.1, 0.15) is 18.9 Å². The lowest BCUT2D eigenvalue weighted by atomic mass is 10.1. The summed E-state index contributed by atoms with van der Waals surface area (Å²) < 4.78 is 13.5. The first-order chi connectivity index (χ1) is 13.0. The quantitative estimate of drug-likeness (QED) is 0.656. The van der Waals surface area contributed by atoms with Crippen LogP contribution < -0.4 is 25.6 Å². The lowest BCUT2D eigenvalue weighted by Crippen LogP contribution is -2.33. The average molecular weight is 429 g/mol. The molecule has 0 fully saturated rings. The summed E-state index contributed by atoms with van der Waals surface area (Å²) >= 11 is 3.53. The standard InChI is InChI=1S/C21H21BrN2O3/c1-4-10-27-20-18(22)12-15(13-19(20)26-3)11-17-14(2)23-24(21(17)25)16-8-6-5-7-9-16/h5-9,11-13,23H,2,4,10H2,1,3H3/b17-11+. The first-order valence-corrected chi connectivity index (χ1v) is 9.42. The monoisotopic (exact) mass is 428 g/mol. The van der Waals surface area contributed by atoms with Gasteiger partial charge in [0.25, 0.3) is 5.56 Å². The third-order valence-corrected chi connectivity index (χ3v) is 4.62. The van der Waals surface area contributed by atoms with Crippen LogP contribution in [0.3, 0.4) is 0 Å². The van der Waals surface area contributed by atoms with E-state index in [4.69, 9.17) is 9.47 Å². The fourth-order valence-corrected chi connectivity index (χ4v) is 3.31. The minimum absolute atomic E-state index is 0.160. The highest BCUT2D eigenvalue weighted by molar-refractivity contribution is 9.10. The number of aromatic amines is 1. The molecule has 0 aliphatic heterocycles. The number of hydrogen-bond acceptors (Lipinski definition) is 3. The van der Waals surface area contributed by atoms with Crippen LogP contribution in [0.2, 0.25) is 0 Å². The van der Waals surface area contributed by atoms with Gasteiger partial charge in [-0.3, -0.25) is 9.89 Å². The minimum atomic E-state index is -0.160. The van der Waals surface area contributed by atoms with Gasteiger partial charge in [0.1, 0.15) is 0 Å². The van der Waals surface area contributed by atoms with E-state index in [0.717, 1.165) is 22.1 Å². The Labute approximate surface area is 165 Å². The van der Waals surface area contributed by atoms with Crippen molar-refractivity contribution in [2.75, 3.05) is 13.7 Å². The zero-order chi connectivity index (χ0) is 19.4. The molecular weight excluding hydrogens is 408 g/mol. The Morgan fingerprint density at radius 1 is 1.26 bits per heavy atom. The van der Waals surface area contributed by atoms with E-state index in [1.807, 2.05) is 49.4 Å². The summed E-state index contributed by atoms with van der Waals surface area (Å²) in [4.78, 5) is 12.8. The third-order valence-electron chi connectivity index (χ3n) is 4.03. The first-order valence-electron chi connectivity index (χ1n) is 8.62. The van der Waals surface area contributed by atoms with Crippen LogP contribution in [0.5, 0.6) is 11.5 Å². The van der Waals surface area contributed by atoms with E-state index in [2.05, 4.69) is 27.6 Å². The molecule has 6 heteroatoms. The van der Waals surface area contributed by atoms with Gasteiger partial charge in [0.05, 0.1) is 34.4 Å². The molecule has 0 aliphatic carbocycles. The van der Waals surface area contributed by atoms with Crippen molar-refractivity contribution in [2.24, 2.45) is 0 Å². The summed E-state index contributed by atoms with van der Waals surface area (Å²) in [6, 6.07) is 13.1. The van der Waals surface area contributed by atoms with Crippen molar-refractivity contribution in [3.8, 4) is 17.2 Å². The number of para-hydroxylation sites is 1. The molecule has 1 N–H and O–H groups in total. The van der Waals surface area contributed by atoms with Crippen molar-refractivity contribution >= 4 is 28.6 Å². The van der Waals surface area contributed by atoms with Gasteiger partial charge in [0.2, 0.25) is 0 Å². The van der Waals surface area contributed by atoms with Crippen molar-refractivity contribution in [1.82, 2.24) is 9.78 Å². The number of H-pyrrole nitrogens is 1. The lowest BCUT2D eigenvalue weighted by Gasteiger charge is -2.12. The van der Waals surface area contributed by atoms with Gasteiger partial charge >= 0.3 is 0 Å². The largest absolute Gasteiger partial charge is 0.493 e. The maximum atomic E-state index is 12.8. The molecular formula is C21H21BrN2O3. The maximum Gasteiger partial charge on any atom is 0.279 e. The zero-order valence-electron chi connectivity index (χ0n) is 15.3. The summed E-state index contributed by atoms with van der Waals surface area (Å²) in [5.41, 5.74) is 1.41. The number of methoxy groups -OCH3 is 1. The van der Waals surface area contributed by atoms with E-state index in [9.17, 15) is 4.79 Å². The van der Waals surface area contributed by atoms with Crippen LogP contribution in [0.25, 0.3) is 18.3 Å². The maximum absolute atomic E-state index is 12.8. The Kier molecular flexibility index (Phi) is 5.86. The smallest absolute Gasteiger partial charge is 0.279 e. The molecule has 0 bridgehead atoms. The van der Waals surface area contributed by atoms with Crippen LogP contribution in [-0.4, -0.2) is 23.5 Å². The molecule has 0 amide bonds. The van der Waals surface area contributed by atoms with E-state index < -0.39 is 0 Å². The fourth-order valence-electron chi connectivity index (χ4n) is 2.74. The molecule has 0 radical (unpaired) electrons. The molecule has 0 saturated carbocycles. The minimum Gasteiger partial charge on any atom is -0.493 e. The van der Waals surface area contributed by atoms with Gasteiger partial charge in [-0.25, -0.2) is 4.68 Å². The van der Waals surface area contributed by atoms with E-state index in [0.29, 0.717) is 28.7 Å². The second-order valence-corrected chi connectivity index (χ2v) is 6.86. The van der Waals surface area contributed by atoms with Crippen molar-refractivity contribution in [3.05, 3.63) is 73.4 Å². The van der Waals surface area contributed by atoms with E-state index in [1.54, 1.807) is 13.2 Å². The number of benzene rings is 2. The van der Waals surface area contributed by atoms with Crippen LogP contribution in [0.15, 0.2) is 51.7 Å². The van der Waals surface area contributed by atoms with E-state index >= 15 is 0 Å². The average Bonchev–Trinajstić information content (AvgIpc) is 2.95. The molecule has 0 unspecified atom stereocenters. The second kappa shape index (κ2) is 8.31. The Morgan fingerprint density at radius 2 is 2.00 bits per heavy atom. The molecule has 3 rings (SSSR count).